The number of hydrogen-bond donors (Lipinski definition) is 3. The predicted octanol–water partition coefficient (Wildman–Crippen LogP) is 0.0237. The maximum atomic E-state index is 11.5. The van der Waals surface area contributed by atoms with E-state index in [1.807, 2.05) is 0 Å². The number of rotatable bonds is 4. The van der Waals surface area contributed by atoms with Crippen molar-refractivity contribution in [3.63, 3.8) is 0 Å². The molecular weight excluding hydrogens is 195 g/mol. The second kappa shape index (κ2) is 4.08. The Kier molecular flexibility index (Phi) is 3.67. The van der Waals surface area contributed by atoms with Gasteiger partial charge in [-0.25, -0.2) is 5.32 Å². The van der Waals surface area contributed by atoms with Gasteiger partial charge in [-0.3, -0.25) is 9.59 Å². The Hall–Kier alpha value is -1.31. The average molecular weight is 201 g/mol. The molecule has 0 saturated heterocycles. The molecule has 0 aromatic rings. The Balaban J connectivity index is 4.27. The molecule has 0 fully saturated rings. The maximum absolute atomic E-state index is 11.5. The number of carboxylic acid groups (broad SMARTS) is 2. The lowest BCUT2D eigenvalue weighted by atomic mass is 10.2. The third kappa shape index (κ3) is 5.91. The number of nitrogens with one attached hydrogen (secondary N) is 1. The fourth-order valence-corrected chi connectivity index (χ4v) is 0.572. The van der Waals surface area contributed by atoms with Crippen molar-refractivity contribution in [1.82, 2.24) is 5.32 Å². The lowest BCUT2D eigenvalue weighted by Gasteiger charge is -2.14. The van der Waals surface area contributed by atoms with Gasteiger partial charge in [-0.2, -0.15) is 13.2 Å². The zero-order valence-electron chi connectivity index (χ0n) is 6.13. The minimum absolute atomic E-state index is 0.707. The Labute approximate surface area is 70.2 Å². The lowest BCUT2D eigenvalue weighted by molar-refractivity contribution is -0.176. The number of alkyl halides is 3. The van der Waals surface area contributed by atoms with Crippen molar-refractivity contribution in [2.75, 3.05) is 0 Å². The second-order valence-corrected chi connectivity index (χ2v) is 2.13. The van der Waals surface area contributed by atoms with Crippen LogP contribution in [-0.2, 0) is 9.59 Å². The van der Waals surface area contributed by atoms with Crippen LogP contribution in [-0.4, -0.2) is 34.5 Å². The van der Waals surface area contributed by atoms with Gasteiger partial charge in [-0.1, -0.05) is 0 Å². The van der Waals surface area contributed by atoms with Gasteiger partial charge in [-0.15, -0.1) is 0 Å². The normalized spacial score (nSPS) is 13.8. The van der Waals surface area contributed by atoms with Gasteiger partial charge in [-0.05, 0) is 0 Å². The van der Waals surface area contributed by atoms with Gasteiger partial charge < -0.3 is 10.2 Å². The van der Waals surface area contributed by atoms with Crippen LogP contribution >= 0.6 is 0 Å². The molecular formula is C5H6F3NO4. The van der Waals surface area contributed by atoms with Crippen LogP contribution in [0, 0.1) is 0 Å². The van der Waals surface area contributed by atoms with E-state index in [2.05, 4.69) is 0 Å². The van der Waals surface area contributed by atoms with Crippen LogP contribution in [0.15, 0.2) is 0 Å². The van der Waals surface area contributed by atoms with Crippen LogP contribution in [0.4, 0.5) is 13.2 Å². The predicted molar refractivity (Wildman–Crippen MR) is 32.9 cm³/mol. The van der Waals surface area contributed by atoms with E-state index in [1.54, 1.807) is 0 Å². The highest BCUT2D eigenvalue weighted by Crippen LogP contribution is 2.12. The van der Waals surface area contributed by atoms with Gasteiger partial charge in [0.2, 0.25) is 0 Å². The van der Waals surface area contributed by atoms with Crippen molar-refractivity contribution >= 4 is 11.9 Å². The maximum Gasteiger partial charge on any atom is 0.458 e. The van der Waals surface area contributed by atoms with Crippen molar-refractivity contribution in [3.8, 4) is 0 Å². The Morgan fingerprint density at radius 2 is 1.77 bits per heavy atom. The topological polar surface area (TPSA) is 86.6 Å². The van der Waals surface area contributed by atoms with Crippen molar-refractivity contribution in [1.29, 1.82) is 0 Å². The van der Waals surface area contributed by atoms with E-state index in [0.29, 0.717) is 5.32 Å². The summed E-state index contributed by atoms with van der Waals surface area (Å²) >= 11 is 0. The highest BCUT2D eigenvalue weighted by molar-refractivity contribution is 5.80. The number of carboxylic acids is 2. The molecule has 8 heteroatoms. The van der Waals surface area contributed by atoms with E-state index in [9.17, 15) is 22.8 Å². The molecule has 0 saturated carbocycles. The molecule has 0 bridgehead atoms. The summed E-state index contributed by atoms with van der Waals surface area (Å²) in [5.41, 5.74) is 0. The van der Waals surface area contributed by atoms with E-state index in [-0.39, 0.29) is 0 Å². The fourth-order valence-electron chi connectivity index (χ4n) is 0.572. The number of hydrogen-bond acceptors (Lipinski definition) is 3. The highest BCUT2D eigenvalue weighted by Gasteiger charge is 2.35. The third-order valence-electron chi connectivity index (χ3n) is 1.01. The highest BCUT2D eigenvalue weighted by atomic mass is 19.4. The number of aliphatic carboxylic acids is 2. The Morgan fingerprint density at radius 3 is 2.00 bits per heavy atom. The molecule has 0 aromatic heterocycles. The first kappa shape index (κ1) is 11.7. The molecule has 1 atom stereocenters. The van der Waals surface area contributed by atoms with E-state index in [4.69, 9.17) is 10.2 Å². The van der Waals surface area contributed by atoms with Crippen LogP contribution in [0.1, 0.15) is 6.42 Å². The van der Waals surface area contributed by atoms with Gasteiger partial charge in [0, 0.05) is 0 Å². The van der Waals surface area contributed by atoms with E-state index in [0.717, 1.165) is 0 Å². The summed E-state index contributed by atoms with van der Waals surface area (Å²) < 4.78 is 34.6. The summed E-state index contributed by atoms with van der Waals surface area (Å²) in [4.78, 5) is 20.0. The van der Waals surface area contributed by atoms with Crippen LogP contribution in [0.25, 0.3) is 0 Å². The van der Waals surface area contributed by atoms with Crippen molar-refractivity contribution in [2.24, 2.45) is 0 Å². The quantitative estimate of drug-likeness (QED) is 0.558. The molecule has 0 aliphatic rings. The van der Waals surface area contributed by atoms with Crippen molar-refractivity contribution in [3.05, 3.63) is 0 Å². The van der Waals surface area contributed by atoms with Crippen LogP contribution in [0.5, 0.6) is 0 Å². The van der Waals surface area contributed by atoms with Crippen molar-refractivity contribution < 1.29 is 33.0 Å². The Morgan fingerprint density at radius 1 is 1.31 bits per heavy atom. The molecule has 0 aliphatic carbocycles. The number of halogens is 3. The fraction of sp³-hybridized carbons (Fsp3) is 0.600. The van der Waals surface area contributed by atoms with E-state index < -0.39 is 30.7 Å². The first-order valence-electron chi connectivity index (χ1n) is 3.01. The average Bonchev–Trinajstić information content (AvgIpc) is 1.81. The lowest BCUT2D eigenvalue weighted by Crippen LogP contribution is -2.46. The molecule has 0 amide bonds. The monoisotopic (exact) mass is 201 g/mol. The zero-order chi connectivity index (χ0) is 10.6. The van der Waals surface area contributed by atoms with Crippen LogP contribution in [0.2, 0.25) is 0 Å². The molecule has 0 radical (unpaired) electrons. The number of carbonyl (C=O) groups is 2. The molecule has 5 nitrogen and oxygen atoms in total. The Bertz CT molecular complexity index is 214. The van der Waals surface area contributed by atoms with E-state index in [1.165, 1.54) is 0 Å². The zero-order valence-corrected chi connectivity index (χ0v) is 6.13. The van der Waals surface area contributed by atoms with Crippen LogP contribution < -0.4 is 5.32 Å². The summed E-state index contributed by atoms with van der Waals surface area (Å²) in [7, 11) is 0. The molecule has 76 valence electrons. The molecule has 3 N–H and O–H groups in total. The molecule has 0 aromatic carbocycles. The molecule has 0 rings (SSSR count). The first-order valence-corrected chi connectivity index (χ1v) is 3.01. The summed E-state index contributed by atoms with van der Waals surface area (Å²) in [6, 6.07) is -2.16. The first-order chi connectivity index (χ1) is 5.72. The molecule has 0 unspecified atom stereocenters. The van der Waals surface area contributed by atoms with Gasteiger partial charge in [0.05, 0.1) is 6.42 Å². The minimum Gasteiger partial charge on any atom is -0.481 e. The van der Waals surface area contributed by atoms with E-state index >= 15 is 0 Å². The summed E-state index contributed by atoms with van der Waals surface area (Å²) in [5.74, 6) is -3.48. The van der Waals surface area contributed by atoms with Gasteiger partial charge in [0.25, 0.3) is 0 Å². The van der Waals surface area contributed by atoms with Crippen molar-refractivity contribution in [2.45, 2.75) is 18.8 Å². The summed E-state index contributed by atoms with van der Waals surface area (Å²) in [6.07, 6.45) is -6.03. The molecule has 0 spiro atoms. The van der Waals surface area contributed by atoms with Gasteiger partial charge in [0.15, 0.2) is 0 Å². The largest absolute Gasteiger partial charge is 0.481 e. The third-order valence-corrected chi connectivity index (χ3v) is 1.01. The van der Waals surface area contributed by atoms with Gasteiger partial charge in [0.1, 0.15) is 6.04 Å². The van der Waals surface area contributed by atoms with Gasteiger partial charge >= 0.3 is 18.2 Å². The molecule has 0 heterocycles. The smallest absolute Gasteiger partial charge is 0.458 e. The SMILES string of the molecule is O=C(O)C[C@@H](NC(F)(F)F)C(=O)O. The standard InChI is InChI=1S/C5H6F3NO4/c6-5(7,8)9-2(4(12)13)1-3(10)11/h2,9H,1H2,(H,10,11)(H,12,13)/t2-/m1/s1. The molecule has 0 aliphatic heterocycles. The van der Waals surface area contributed by atoms with Crippen LogP contribution in [0.3, 0.4) is 0 Å². The molecule has 13 heavy (non-hydrogen) atoms. The minimum atomic E-state index is -4.90. The summed E-state index contributed by atoms with van der Waals surface area (Å²) in [5, 5.41) is 16.9. The second-order valence-electron chi connectivity index (χ2n) is 2.13. The summed E-state index contributed by atoms with van der Waals surface area (Å²) in [6.45, 7) is 0.